The van der Waals surface area contributed by atoms with Gasteiger partial charge in [0.15, 0.2) is 0 Å². The predicted octanol–water partition coefficient (Wildman–Crippen LogP) is 3.22. The maximum absolute atomic E-state index is 3.43. The molecule has 1 atom stereocenters. The zero-order valence-corrected chi connectivity index (χ0v) is 11.8. The van der Waals surface area contributed by atoms with E-state index in [1.54, 1.807) is 0 Å². The van der Waals surface area contributed by atoms with Crippen LogP contribution in [0.15, 0.2) is 24.3 Å². The van der Waals surface area contributed by atoms with Gasteiger partial charge in [-0.2, -0.15) is 0 Å². The van der Waals surface area contributed by atoms with Gasteiger partial charge in [-0.15, -0.1) is 0 Å². The second-order valence-corrected chi connectivity index (χ2v) is 5.27. The maximum Gasteiger partial charge on any atom is 0.0401 e. The van der Waals surface area contributed by atoms with Crippen LogP contribution in [-0.4, -0.2) is 25.7 Å². The molecule has 2 heteroatoms. The number of para-hydroxylation sites is 1. The van der Waals surface area contributed by atoms with Crippen molar-refractivity contribution in [1.82, 2.24) is 5.32 Å². The molecule has 100 valence electrons. The van der Waals surface area contributed by atoms with Gasteiger partial charge in [-0.05, 0) is 57.3 Å². The van der Waals surface area contributed by atoms with Crippen molar-refractivity contribution in [2.75, 3.05) is 24.5 Å². The van der Waals surface area contributed by atoms with Gasteiger partial charge >= 0.3 is 0 Å². The summed E-state index contributed by atoms with van der Waals surface area (Å²) >= 11 is 0. The number of nitrogens with zero attached hydrogens (tertiary/aromatic N) is 1. The Bertz CT molecular complexity index is 362. The molecule has 0 bridgehead atoms. The van der Waals surface area contributed by atoms with E-state index in [4.69, 9.17) is 0 Å². The number of hydrogen-bond donors (Lipinski definition) is 1. The van der Waals surface area contributed by atoms with Gasteiger partial charge in [0.05, 0.1) is 0 Å². The highest BCUT2D eigenvalue weighted by Gasteiger charge is 2.19. The number of rotatable bonds is 5. The van der Waals surface area contributed by atoms with Gasteiger partial charge in [-0.1, -0.05) is 25.1 Å². The van der Waals surface area contributed by atoms with Gasteiger partial charge in [0.1, 0.15) is 0 Å². The summed E-state index contributed by atoms with van der Waals surface area (Å²) in [7, 11) is 0. The fourth-order valence-electron chi connectivity index (χ4n) is 2.82. The normalized spacial score (nSPS) is 17.1. The third kappa shape index (κ3) is 3.26. The van der Waals surface area contributed by atoms with Crippen molar-refractivity contribution >= 4 is 5.69 Å². The summed E-state index contributed by atoms with van der Waals surface area (Å²) in [5.74, 6) is 0. The number of fused-ring (bicyclic) bond motifs is 1. The first-order valence-corrected chi connectivity index (χ1v) is 7.38. The van der Waals surface area contributed by atoms with Crippen molar-refractivity contribution in [3.8, 4) is 0 Å². The highest BCUT2D eigenvalue weighted by Crippen LogP contribution is 2.28. The maximum atomic E-state index is 3.43. The fourth-order valence-corrected chi connectivity index (χ4v) is 2.82. The lowest BCUT2D eigenvalue weighted by atomic mass is 10.1. The molecular formula is C16H26N2. The van der Waals surface area contributed by atoms with Crippen LogP contribution in [0, 0.1) is 0 Å². The minimum atomic E-state index is 0.628. The van der Waals surface area contributed by atoms with Crippen molar-refractivity contribution in [3.05, 3.63) is 29.8 Å². The second-order valence-electron chi connectivity index (χ2n) is 5.27. The molecule has 0 radical (unpaired) electrons. The molecule has 1 aliphatic rings. The van der Waals surface area contributed by atoms with Crippen LogP contribution in [0.5, 0.6) is 0 Å². The Hall–Kier alpha value is -1.02. The van der Waals surface area contributed by atoms with Gasteiger partial charge in [-0.3, -0.25) is 0 Å². The molecule has 1 unspecified atom stereocenters. The zero-order chi connectivity index (χ0) is 12.8. The quantitative estimate of drug-likeness (QED) is 0.803. The molecule has 0 spiro atoms. The molecule has 0 aromatic heterocycles. The summed E-state index contributed by atoms with van der Waals surface area (Å²) in [5.41, 5.74) is 3.00. The number of anilines is 1. The lowest BCUT2D eigenvalue weighted by molar-refractivity contribution is 0.550. The van der Waals surface area contributed by atoms with Crippen LogP contribution in [0.4, 0.5) is 5.69 Å². The third-order valence-corrected chi connectivity index (χ3v) is 3.92. The number of hydrogen-bond acceptors (Lipinski definition) is 2. The van der Waals surface area contributed by atoms with Gasteiger partial charge in [0.2, 0.25) is 0 Å². The summed E-state index contributed by atoms with van der Waals surface area (Å²) < 4.78 is 0. The molecule has 1 aromatic rings. The Morgan fingerprint density at radius 3 is 2.94 bits per heavy atom. The Labute approximate surface area is 111 Å². The largest absolute Gasteiger partial charge is 0.369 e. The van der Waals surface area contributed by atoms with Crippen LogP contribution < -0.4 is 10.2 Å². The van der Waals surface area contributed by atoms with Crippen molar-refractivity contribution < 1.29 is 0 Å². The zero-order valence-electron chi connectivity index (χ0n) is 11.8. The Balaban J connectivity index is 2.07. The van der Waals surface area contributed by atoms with Crippen molar-refractivity contribution in [1.29, 1.82) is 0 Å². The van der Waals surface area contributed by atoms with Crippen molar-refractivity contribution in [2.24, 2.45) is 0 Å². The molecule has 18 heavy (non-hydrogen) atoms. The minimum Gasteiger partial charge on any atom is -0.369 e. The molecule has 1 aromatic carbocycles. The molecular weight excluding hydrogens is 220 g/mol. The number of aryl methyl sites for hydroxylation is 1. The number of nitrogens with one attached hydrogen (secondary N) is 1. The van der Waals surface area contributed by atoms with Crippen molar-refractivity contribution in [2.45, 2.75) is 45.6 Å². The second kappa shape index (κ2) is 6.79. The van der Waals surface area contributed by atoms with E-state index in [9.17, 15) is 0 Å². The highest BCUT2D eigenvalue weighted by molar-refractivity contribution is 5.55. The van der Waals surface area contributed by atoms with Crippen LogP contribution in [-0.2, 0) is 6.42 Å². The molecule has 2 nitrogen and oxygen atoms in total. The summed E-state index contributed by atoms with van der Waals surface area (Å²) in [6.45, 7) is 7.94. The van der Waals surface area contributed by atoms with Gasteiger partial charge in [-0.25, -0.2) is 0 Å². The van der Waals surface area contributed by atoms with E-state index >= 15 is 0 Å². The van der Waals surface area contributed by atoms with E-state index in [-0.39, 0.29) is 0 Å². The summed E-state index contributed by atoms with van der Waals surface area (Å²) in [6, 6.07) is 9.57. The fraction of sp³-hybridized carbons (Fsp3) is 0.625. The first kappa shape index (κ1) is 13.4. The predicted molar refractivity (Wildman–Crippen MR) is 79.3 cm³/mol. The average molecular weight is 246 g/mol. The first-order chi connectivity index (χ1) is 8.83. The van der Waals surface area contributed by atoms with Gasteiger partial charge in [0.25, 0.3) is 0 Å². The van der Waals surface area contributed by atoms with Crippen LogP contribution >= 0.6 is 0 Å². The topological polar surface area (TPSA) is 15.3 Å². The summed E-state index contributed by atoms with van der Waals surface area (Å²) in [6.07, 6.45) is 5.11. The molecule has 0 saturated carbocycles. The lowest BCUT2D eigenvalue weighted by Crippen LogP contribution is -2.36. The van der Waals surface area contributed by atoms with E-state index in [1.165, 1.54) is 43.5 Å². The molecule has 1 heterocycles. The standard InChI is InChI=1S/C16H26N2/c1-3-17-12-11-14(2)18-13-7-6-9-15-8-4-5-10-16(15)18/h4-5,8,10,14,17H,3,6-7,9,11-13H2,1-2H3. The number of benzene rings is 1. The monoisotopic (exact) mass is 246 g/mol. The molecule has 0 fully saturated rings. The molecule has 1 N–H and O–H groups in total. The van der Waals surface area contributed by atoms with Crippen LogP contribution in [0.25, 0.3) is 0 Å². The van der Waals surface area contributed by atoms with Crippen LogP contribution in [0.1, 0.15) is 38.7 Å². The molecule has 0 aliphatic carbocycles. The van der Waals surface area contributed by atoms with Gasteiger partial charge in [0, 0.05) is 18.3 Å². The lowest BCUT2D eigenvalue weighted by Gasteiger charge is -2.31. The van der Waals surface area contributed by atoms with Gasteiger partial charge < -0.3 is 10.2 Å². The van der Waals surface area contributed by atoms with E-state index in [0.717, 1.165) is 13.1 Å². The SMILES string of the molecule is CCNCCC(C)N1CCCCc2ccccc21. The molecule has 0 amide bonds. The molecule has 0 saturated heterocycles. The summed E-state index contributed by atoms with van der Waals surface area (Å²) in [4.78, 5) is 2.61. The minimum absolute atomic E-state index is 0.628. The highest BCUT2D eigenvalue weighted by atomic mass is 15.2. The summed E-state index contributed by atoms with van der Waals surface area (Å²) in [5, 5.41) is 3.43. The van der Waals surface area contributed by atoms with Crippen molar-refractivity contribution in [3.63, 3.8) is 0 Å². The van der Waals surface area contributed by atoms with Crippen LogP contribution in [0.2, 0.25) is 0 Å². The third-order valence-electron chi connectivity index (χ3n) is 3.92. The smallest absolute Gasteiger partial charge is 0.0401 e. The van der Waals surface area contributed by atoms with Crippen LogP contribution in [0.3, 0.4) is 0 Å². The Kier molecular flexibility index (Phi) is 5.06. The van der Waals surface area contributed by atoms with E-state index < -0.39 is 0 Å². The first-order valence-electron chi connectivity index (χ1n) is 7.38. The van der Waals surface area contributed by atoms with E-state index in [1.807, 2.05) is 0 Å². The Morgan fingerprint density at radius 2 is 2.11 bits per heavy atom. The van der Waals surface area contributed by atoms with E-state index in [2.05, 4.69) is 48.3 Å². The van der Waals surface area contributed by atoms with E-state index in [0.29, 0.717) is 6.04 Å². The Morgan fingerprint density at radius 1 is 1.28 bits per heavy atom. The average Bonchev–Trinajstić information content (AvgIpc) is 2.61. The molecule has 2 rings (SSSR count). The molecule has 1 aliphatic heterocycles.